The van der Waals surface area contributed by atoms with Gasteiger partial charge in [0.15, 0.2) is 5.96 Å². The molecule has 7 nitrogen and oxygen atoms in total. The number of carbonyl (C=O) groups is 1. The molecule has 1 fully saturated rings. The van der Waals surface area contributed by atoms with Gasteiger partial charge in [0.1, 0.15) is 12.4 Å². The monoisotopic (exact) mass is 441 g/mol. The molecule has 3 N–H and O–H groups in total. The van der Waals surface area contributed by atoms with Gasteiger partial charge >= 0.3 is 0 Å². The average Bonchev–Trinajstić information content (AvgIpc) is 2.83. The van der Waals surface area contributed by atoms with Crippen molar-refractivity contribution in [2.45, 2.75) is 19.5 Å². The molecule has 1 atom stereocenters. The third-order valence-corrected chi connectivity index (χ3v) is 5.26. The number of hydrogen-bond donors (Lipinski definition) is 3. The Kier molecular flexibility index (Phi) is 9.46. The molecule has 172 valence electrons. The van der Waals surface area contributed by atoms with Crippen LogP contribution in [-0.2, 0) is 16.1 Å². The Bertz CT molecular complexity index is 854. The van der Waals surface area contributed by atoms with Crippen LogP contribution >= 0.6 is 0 Å². The SMILES string of the molecule is CCNC(=NCC(=O)NCc1ccccc1)NCC(c1ccc(F)cc1)N1CCOCC1. The molecule has 0 aromatic heterocycles. The van der Waals surface area contributed by atoms with Crippen molar-refractivity contribution in [1.29, 1.82) is 0 Å². The lowest BCUT2D eigenvalue weighted by Gasteiger charge is -2.35. The van der Waals surface area contributed by atoms with Crippen molar-refractivity contribution < 1.29 is 13.9 Å². The van der Waals surface area contributed by atoms with Gasteiger partial charge in [-0.1, -0.05) is 42.5 Å². The van der Waals surface area contributed by atoms with E-state index in [4.69, 9.17) is 4.74 Å². The Balaban J connectivity index is 1.59. The first-order valence-electron chi connectivity index (χ1n) is 11.1. The fourth-order valence-corrected chi connectivity index (χ4v) is 3.57. The molecule has 0 radical (unpaired) electrons. The first kappa shape index (κ1) is 23.7. The van der Waals surface area contributed by atoms with Gasteiger partial charge in [0.25, 0.3) is 0 Å². The van der Waals surface area contributed by atoms with E-state index in [0.29, 0.717) is 38.8 Å². The normalized spacial score (nSPS) is 15.8. The molecule has 0 aliphatic carbocycles. The zero-order chi connectivity index (χ0) is 22.6. The number of morpholine rings is 1. The second kappa shape index (κ2) is 12.8. The molecule has 3 rings (SSSR count). The van der Waals surface area contributed by atoms with Crippen molar-refractivity contribution >= 4 is 11.9 Å². The van der Waals surface area contributed by atoms with Crippen molar-refractivity contribution in [2.24, 2.45) is 4.99 Å². The van der Waals surface area contributed by atoms with Crippen molar-refractivity contribution in [2.75, 3.05) is 45.9 Å². The number of carbonyl (C=O) groups excluding carboxylic acids is 1. The summed E-state index contributed by atoms with van der Waals surface area (Å²) >= 11 is 0. The Morgan fingerprint density at radius 3 is 2.47 bits per heavy atom. The smallest absolute Gasteiger partial charge is 0.242 e. The molecule has 1 heterocycles. The molecule has 32 heavy (non-hydrogen) atoms. The molecular formula is C24H32FN5O2. The number of aliphatic imine (C=N–C) groups is 1. The lowest BCUT2D eigenvalue weighted by Crippen LogP contribution is -2.46. The molecule has 1 aliphatic heterocycles. The van der Waals surface area contributed by atoms with Gasteiger partial charge in [-0.3, -0.25) is 9.69 Å². The van der Waals surface area contributed by atoms with E-state index in [1.165, 1.54) is 12.1 Å². The van der Waals surface area contributed by atoms with Gasteiger partial charge in [0.2, 0.25) is 5.91 Å². The summed E-state index contributed by atoms with van der Waals surface area (Å²) in [6, 6.07) is 16.4. The molecule has 2 aromatic carbocycles. The van der Waals surface area contributed by atoms with Crippen molar-refractivity contribution in [3.8, 4) is 0 Å². The summed E-state index contributed by atoms with van der Waals surface area (Å²) in [7, 11) is 0. The van der Waals surface area contributed by atoms with Crippen LogP contribution in [0.3, 0.4) is 0 Å². The van der Waals surface area contributed by atoms with E-state index in [0.717, 1.165) is 24.2 Å². The van der Waals surface area contributed by atoms with E-state index in [2.05, 4.69) is 25.8 Å². The summed E-state index contributed by atoms with van der Waals surface area (Å²) in [6.07, 6.45) is 0. The summed E-state index contributed by atoms with van der Waals surface area (Å²) in [5.41, 5.74) is 2.07. The van der Waals surface area contributed by atoms with Crippen molar-refractivity contribution in [3.63, 3.8) is 0 Å². The third kappa shape index (κ3) is 7.62. The molecule has 0 bridgehead atoms. The number of benzene rings is 2. The maximum absolute atomic E-state index is 13.4. The number of guanidine groups is 1. The maximum atomic E-state index is 13.4. The predicted molar refractivity (Wildman–Crippen MR) is 124 cm³/mol. The van der Waals surface area contributed by atoms with Crippen LogP contribution in [0.2, 0.25) is 0 Å². The quantitative estimate of drug-likeness (QED) is 0.410. The van der Waals surface area contributed by atoms with E-state index >= 15 is 0 Å². The first-order chi connectivity index (χ1) is 15.7. The predicted octanol–water partition coefficient (Wildman–Crippen LogP) is 2.07. The second-order valence-electron chi connectivity index (χ2n) is 7.55. The average molecular weight is 442 g/mol. The Morgan fingerprint density at radius 1 is 1.06 bits per heavy atom. The molecule has 1 amide bonds. The summed E-state index contributed by atoms with van der Waals surface area (Å²) in [5, 5.41) is 9.41. The van der Waals surface area contributed by atoms with Crippen LogP contribution in [0.5, 0.6) is 0 Å². The summed E-state index contributed by atoms with van der Waals surface area (Å²) in [4.78, 5) is 19.0. The molecular weight excluding hydrogens is 409 g/mol. The third-order valence-electron chi connectivity index (χ3n) is 5.26. The van der Waals surface area contributed by atoms with Crippen LogP contribution in [-0.4, -0.2) is 62.7 Å². The Hall–Kier alpha value is -2.97. The number of ether oxygens (including phenoxy) is 1. The highest BCUT2D eigenvalue weighted by Crippen LogP contribution is 2.21. The molecule has 2 aromatic rings. The topological polar surface area (TPSA) is 78.0 Å². The number of halogens is 1. The van der Waals surface area contributed by atoms with Crippen LogP contribution in [0.1, 0.15) is 24.1 Å². The summed E-state index contributed by atoms with van der Waals surface area (Å²) in [6.45, 7) is 6.69. The standard InChI is InChI=1S/C24H32FN5O2/c1-2-26-24(29-18-23(31)27-16-19-6-4-3-5-7-19)28-17-22(30-12-14-32-15-13-30)20-8-10-21(25)11-9-20/h3-11,22H,2,12-18H2,1H3,(H,27,31)(H2,26,28,29). The van der Waals surface area contributed by atoms with Gasteiger partial charge in [-0.25, -0.2) is 9.38 Å². The van der Waals surface area contributed by atoms with E-state index in [1.807, 2.05) is 49.4 Å². The van der Waals surface area contributed by atoms with Gasteiger partial charge < -0.3 is 20.7 Å². The molecule has 1 unspecified atom stereocenters. The van der Waals surface area contributed by atoms with E-state index in [9.17, 15) is 9.18 Å². The van der Waals surface area contributed by atoms with Crippen LogP contribution in [0, 0.1) is 5.82 Å². The fraction of sp³-hybridized carbons (Fsp3) is 0.417. The van der Waals surface area contributed by atoms with Crippen LogP contribution in [0.25, 0.3) is 0 Å². The number of nitrogens with zero attached hydrogens (tertiary/aromatic N) is 2. The van der Waals surface area contributed by atoms with Gasteiger partial charge in [-0.15, -0.1) is 0 Å². The largest absolute Gasteiger partial charge is 0.379 e. The van der Waals surface area contributed by atoms with Crippen molar-refractivity contribution in [1.82, 2.24) is 20.9 Å². The Labute approximate surface area is 189 Å². The molecule has 8 heteroatoms. The zero-order valence-corrected chi connectivity index (χ0v) is 18.5. The molecule has 1 aliphatic rings. The van der Waals surface area contributed by atoms with Gasteiger partial charge in [0.05, 0.1) is 19.3 Å². The van der Waals surface area contributed by atoms with Crippen LogP contribution < -0.4 is 16.0 Å². The minimum atomic E-state index is -0.251. The van der Waals surface area contributed by atoms with Crippen molar-refractivity contribution in [3.05, 3.63) is 71.5 Å². The lowest BCUT2D eigenvalue weighted by molar-refractivity contribution is -0.119. The van der Waals surface area contributed by atoms with E-state index < -0.39 is 0 Å². The molecule has 0 spiro atoms. The fourth-order valence-electron chi connectivity index (χ4n) is 3.57. The zero-order valence-electron chi connectivity index (χ0n) is 18.5. The number of hydrogen-bond acceptors (Lipinski definition) is 4. The maximum Gasteiger partial charge on any atom is 0.242 e. The summed E-state index contributed by atoms with van der Waals surface area (Å²) in [5.74, 6) is 0.177. The van der Waals surface area contributed by atoms with Gasteiger partial charge in [0, 0.05) is 32.7 Å². The highest BCUT2D eigenvalue weighted by atomic mass is 19.1. The lowest BCUT2D eigenvalue weighted by atomic mass is 10.0. The van der Waals surface area contributed by atoms with Crippen LogP contribution in [0.15, 0.2) is 59.6 Å². The number of rotatable bonds is 9. The van der Waals surface area contributed by atoms with E-state index in [-0.39, 0.29) is 24.3 Å². The summed E-state index contributed by atoms with van der Waals surface area (Å²) < 4.78 is 18.9. The van der Waals surface area contributed by atoms with Crippen LogP contribution in [0.4, 0.5) is 4.39 Å². The highest BCUT2D eigenvalue weighted by molar-refractivity contribution is 5.84. The second-order valence-corrected chi connectivity index (χ2v) is 7.55. The minimum absolute atomic E-state index is 0.0287. The highest BCUT2D eigenvalue weighted by Gasteiger charge is 2.23. The van der Waals surface area contributed by atoms with E-state index in [1.54, 1.807) is 0 Å². The number of amides is 1. The van der Waals surface area contributed by atoms with Gasteiger partial charge in [-0.05, 0) is 30.2 Å². The molecule has 0 saturated carbocycles. The Morgan fingerprint density at radius 2 is 1.78 bits per heavy atom. The van der Waals surface area contributed by atoms with Gasteiger partial charge in [-0.2, -0.15) is 0 Å². The first-order valence-corrected chi connectivity index (χ1v) is 11.1. The minimum Gasteiger partial charge on any atom is -0.379 e. The molecule has 1 saturated heterocycles. The number of nitrogens with one attached hydrogen (secondary N) is 3.